The number of aliphatic hydroxyl groups is 1. The molecule has 1 aromatic carbocycles. The Balaban J connectivity index is 2.91. The normalized spacial score (nSPS) is 13.0. The van der Waals surface area contributed by atoms with E-state index in [1.807, 2.05) is 13.8 Å². The molecular weight excluding hydrogens is 280 g/mol. The summed E-state index contributed by atoms with van der Waals surface area (Å²) >= 11 is 0. The Bertz CT molecular complexity index is 439. The molecule has 4 nitrogen and oxygen atoms in total. The number of benzene rings is 1. The minimum absolute atomic E-state index is 0.0192. The lowest BCUT2D eigenvalue weighted by atomic mass is 10.1. The summed E-state index contributed by atoms with van der Waals surface area (Å²) in [7, 11) is 1.40. The van der Waals surface area contributed by atoms with Crippen LogP contribution >= 0.6 is 0 Å². The molecule has 0 spiro atoms. The van der Waals surface area contributed by atoms with Gasteiger partial charge in [-0.1, -0.05) is 6.07 Å². The van der Waals surface area contributed by atoms with Gasteiger partial charge in [-0.25, -0.2) is 0 Å². The van der Waals surface area contributed by atoms with Crippen molar-refractivity contribution in [1.82, 2.24) is 4.90 Å². The van der Waals surface area contributed by atoms with Crippen molar-refractivity contribution in [2.75, 3.05) is 13.7 Å². The van der Waals surface area contributed by atoms with Gasteiger partial charge in [0.1, 0.15) is 0 Å². The Kier molecular flexibility index (Phi) is 6.84. The van der Waals surface area contributed by atoms with Crippen molar-refractivity contribution >= 4 is 0 Å². The number of ether oxygens (including phenoxy) is 2. The molecule has 0 amide bonds. The third-order valence-electron chi connectivity index (χ3n) is 3.06. The third kappa shape index (κ3) is 5.85. The number of hydrogen-bond acceptors (Lipinski definition) is 4. The molecule has 1 aromatic rings. The topological polar surface area (TPSA) is 41.9 Å². The summed E-state index contributed by atoms with van der Waals surface area (Å²) < 4.78 is 34.3. The Morgan fingerprint density at radius 2 is 1.86 bits per heavy atom. The van der Waals surface area contributed by atoms with E-state index in [0.29, 0.717) is 13.1 Å². The van der Waals surface area contributed by atoms with Crippen molar-refractivity contribution in [3.05, 3.63) is 23.8 Å². The first kappa shape index (κ1) is 17.7. The van der Waals surface area contributed by atoms with E-state index >= 15 is 0 Å². The number of hydrogen-bond donors (Lipinski definition) is 1. The average Bonchev–Trinajstić information content (AvgIpc) is 2.37. The summed E-state index contributed by atoms with van der Waals surface area (Å²) in [5.74, 6) is 0.288. The van der Waals surface area contributed by atoms with Crippen molar-refractivity contribution in [2.24, 2.45) is 0 Å². The second kappa shape index (κ2) is 8.14. The summed E-state index contributed by atoms with van der Waals surface area (Å²) in [6.45, 7) is 3.90. The number of alkyl halides is 2. The standard InChI is InChI=1S/C15H23F2NO3/c1-10(2)18(8-11(3)19)9-12-5-6-13(20-4)14(7-12)21-15(16)17/h5-7,10-11,15,19H,8-9H2,1-4H3. The molecule has 21 heavy (non-hydrogen) atoms. The largest absolute Gasteiger partial charge is 0.493 e. The first-order chi connectivity index (χ1) is 9.83. The molecule has 1 rings (SSSR count). The fourth-order valence-electron chi connectivity index (χ4n) is 2.04. The van der Waals surface area contributed by atoms with E-state index in [9.17, 15) is 13.9 Å². The van der Waals surface area contributed by atoms with Gasteiger partial charge in [-0.05, 0) is 38.5 Å². The van der Waals surface area contributed by atoms with Crippen LogP contribution in [0.2, 0.25) is 0 Å². The SMILES string of the molecule is COc1ccc(CN(CC(C)O)C(C)C)cc1OC(F)F. The number of aliphatic hydroxyl groups excluding tert-OH is 1. The average molecular weight is 303 g/mol. The van der Waals surface area contributed by atoms with Crippen molar-refractivity contribution in [3.8, 4) is 11.5 Å². The third-order valence-corrected chi connectivity index (χ3v) is 3.06. The lowest BCUT2D eigenvalue weighted by Gasteiger charge is -2.28. The van der Waals surface area contributed by atoms with Crippen molar-refractivity contribution in [1.29, 1.82) is 0 Å². The van der Waals surface area contributed by atoms with Gasteiger partial charge in [0.2, 0.25) is 0 Å². The van der Waals surface area contributed by atoms with E-state index in [1.165, 1.54) is 7.11 Å². The molecule has 0 aliphatic carbocycles. The Hall–Kier alpha value is -1.40. The smallest absolute Gasteiger partial charge is 0.387 e. The highest BCUT2D eigenvalue weighted by molar-refractivity contribution is 5.43. The first-order valence-corrected chi connectivity index (χ1v) is 6.87. The second-order valence-corrected chi connectivity index (χ2v) is 5.24. The van der Waals surface area contributed by atoms with Crippen molar-refractivity contribution in [2.45, 2.75) is 46.1 Å². The molecule has 0 saturated heterocycles. The summed E-state index contributed by atoms with van der Waals surface area (Å²) in [4.78, 5) is 2.05. The van der Waals surface area contributed by atoms with Crippen LogP contribution in [-0.2, 0) is 6.54 Å². The molecular formula is C15H23F2NO3. The van der Waals surface area contributed by atoms with Gasteiger partial charge in [0, 0.05) is 19.1 Å². The molecule has 0 saturated carbocycles. The van der Waals surface area contributed by atoms with Crippen LogP contribution in [0.1, 0.15) is 26.3 Å². The molecule has 0 bridgehead atoms. The van der Waals surface area contributed by atoms with Gasteiger partial charge in [0.05, 0.1) is 13.2 Å². The van der Waals surface area contributed by atoms with E-state index in [1.54, 1.807) is 25.1 Å². The fourth-order valence-corrected chi connectivity index (χ4v) is 2.04. The predicted molar refractivity (Wildman–Crippen MR) is 76.9 cm³/mol. The van der Waals surface area contributed by atoms with Gasteiger partial charge in [-0.15, -0.1) is 0 Å². The minimum Gasteiger partial charge on any atom is -0.493 e. The van der Waals surface area contributed by atoms with Crippen LogP contribution in [0.5, 0.6) is 11.5 Å². The Labute approximate surface area is 124 Å². The Morgan fingerprint density at radius 1 is 1.19 bits per heavy atom. The van der Waals surface area contributed by atoms with Crippen molar-refractivity contribution < 1.29 is 23.4 Å². The molecule has 1 N–H and O–H groups in total. The van der Waals surface area contributed by atoms with E-state index < -0.39 is 12.7 Å². The highest BCUT2D eigenvalue weighted by Crippen LogP contribution is 2.30. The van der Waals surface area contributed by atoms with E-state index in [4.69, 9.17) is 4.74 Å². The van der Waals surface area contributed by atoms with Crippen LogP contribution in [0.3, 0.4) is 0 Å². The summed E-state index contributed by atoms with van der Waals surface area (Å²) in [5, 5.41) is 9.52. The zero-order chi connectivity index (χ0) is 16.0. The van der Waals surface area contributed by atoms with Crippen LogP contribution in [0.4, 0.5) is 8.78 Å². The highest BCUT2D eigenvalue weighted by atomic mass is 19.3. The number of rotatable bonds is 8. The van der Waals surface area contributed by atoms with Crippen LogP contribution in [0.15, 0.2) is 18.2 Å². The molecule has 0 radical (unpaired) electrons. The summed E-state index contributed by atoms with van der Waals surface area (Å²) in [6.07, 6.45) is -0.456. The highest BCUT2D eigenvalue weighted by Gasteiger charge is 2.15. The molecule has 0 aliphatic rings. The zero-order valence-electron chi connectivity index (χ0n) is 12.8. The van der Waals surface area contributed by atoms with E-state index in [-0.39, 0.29) is 17.5 Å². The van der Waals surface area contributed by atoms with Crippen LogP contribution in [0.25, 0.3) is 0 Å². The first-order valence-electron chi connectivity index (χ1n) is 6.87. The lowest BCUT2D eigenvalue weighted by molar-refractivity contribution is -0.0512. The minimum atomic E-state index is -2.90. The Morgan fingerprint density at radius 3 is 2.33 bits per heavy atom. The number of halogens is 2. The van der Waals surface area contributed by atoms with Gasteiger partial charge in [0.25, 0.3) is 0 Å². The van der Waals surface area contributed by atoms with Gasteiger partial charge < -0.3 is 14.6 Å². The molecule has 120 valence electrons. The molecule has 1 unspecified atom stereocenters. The van der Waals surface area contributed by atoms with Crippen molar-refractivity contribution in [3.63, 3.8) is 0 Å². The molecule has 1 atom stereocenters. The number of methoxy groups -OCH3 is 1. The lowest BCUT2D eigenvalue weighted by Crippen LogP contribution is -2.36. The molecule has 0 aliphatic heterocycles. The van der Waals surface area contributed by atoms with E-state index in [2.05, 4.69) is 9.64 Å². The quantitative estimate of drug-likeness (QED) is 0.802. The monoisotopic (exact) mass is 303 g/mol. The molecule has 6 heteroatoms. The second-order valence-electron chi connectivity index (χ2n) is 5.24. The van der Waals surface area contributed by atoms with Gasteiger partial charge >= 0.3 is 6.61 Å². The molecule has 0 fully saturated rings. The van der Waals surface area contributed by atoms with Crippen LogP contribution < -0.4 is 9.47 Å². The predicted octanol–water partition coefficient (Wildman–Crippen LogP) is 2.89. The van der Waals surface area contributed by atoms with Crippen LogP contribution in [-0.4, -0.2) is 42.4 Å². The fraction of sp³-hybridized carbons (Fsp3) is 0.600. The summed E-state index contributed by atoms with van der Waals surface area (Å²) in [6, 6.07) is 5.17. The zero-order valence-corrected chi connectivity index (χ0v) is 12.8. The number of nitrogens with zero attached hydrogens (tertiary/aromatic N) is 1. The maximum atomic E-state index is 12.4. The maximum absolute atomic E-state index is 12.4. The van der Waals surface area contributed by atoms with Gasteiger partial charge in [-0.2, -0.15) is 8.78 Å². The maximum Gasteiger partial charge on any atom is 0.387 e. The van der Waals surface area contributed by atoms with Crippen LogP contribution in [0, 0.1) is 0 Å². The van der Waals surface area contributed by atoms with E-state index in [0.717, 1.165) is 5.56 Å². The molecule has 0 aromatic heterocycles. The summed E-state index contributed by atoms with van der Waals surface area (Å²) in [5.41, 5.74) is 0.820. The molecule has 0 heterocycles. The van der Waals surface area contributed by atoms with Gasteiger partial charge in [-0.3, -0.25) is 4.90 Å². The van der Waals surface area contributed by atoms with Gasteiger partial charge in [0.15, 0.2) is 11.5 Å².